The van der Waals surface area contributed by atoms with Gasteiger partial charge in [-0.2, -0.15) is 13.2 Å². The largest absolute Gasteiger partial charge is 0.416 e. The molecule has 0 unspecified atom stereocenters. The zero-order valence-corrected chi connectivity index (χ0v) is 10.6. The van der Waals surface area contributed by atoms with Crippen molar-refractivity contribution in [3.63, 3.8) is 0 Å². The maximum absolute atomic E-state index is 12.5. The SMILES string of the molecule is Cl.FC(F)(F)c1cccc(C=C2CCNCC2)c1. The summed E-state index contributed by atoms with van der Waals surface area (Å²) in [6.45, 7) is 1.82. The molecule has 2 rings (SSSR count). The number of hydrogen-bond acceptors (Lipinski definition) is 1. The van der Waals surface area contributed by atoms with Gasteiger partial charge >= 0.3 is 6.18 Å². The molecule has 100 valence electrons. The molecule has 1 aromatic rings. The second kappa shape index (κ2) is 6.25. The van der Waals surface area contributed by atoms with Gasteiger partial charge in [-0.1, -0.05) is 23.8 Å². The first-order valence-electron chi connectivity index (χ1n) is 5.63. The zero-order valence-electron chi connectivity index (χ0n) is 9.76. The summed E-state index contributed by atoms with van der Waals surface area (Å²) in [5.41, 5.74) is 1.26. The molecule has 18 heavy (non-hydrogen) atoms. The number of halogens is 4. The van der Waals surface area contributed by atoms with E-state index in [-0.39, 0.29) is 12.4 Å². The van der Waals surface area contributed by atoms with Gasteiger partial charge in [-0.05, 0) is 43.6 Å². The molecule has 1 nitrogen and oxygen atoms in total. The topological polar surface area (TPSA) is 12.0 Å². The summed E-state index contributed by atoms with van der Waals surface area (Å²) >= 11 is 0. The van der Waals surface area contributed by atoms with Gasteiger partial charge in [0.25, 0.3) is 0 Å². The molecule has 1 saturated heterocycles. The molecule has 0 amide bonds. The van der Waals surface area contributed by atoms with E-state index in [4.69, 9.17) is 0 Å². The van der Waals surface area contributed by atoms with Crippen LogP contribution in [0.1, 0.15) is 24.0 Å². The molecule has 0 saturated carbocycles. The lowest BCUT2D eigenvalue weighted by Crippen LogP contribution is -2.22. The lowest BCUT2D eigenvalue weighted by atomic mass is 10.0. The minimum atomic E-state index is -4.26. The summed E-state index contributed by atoms with van der Waals surface area (Å²) in [5, 5.41) is 3.22. The van der Waals surface area contributed by atoms with Crippen LogP contribution in [0, 0.1) is 0 Å². The first-order chi connectivity index (χ1) is 8.05. The second-order valence-corrected chi connectivity index (χ2v) is 4.18. The Balaban J connectivity index is 0.00000162. The minimum Gasteiger partial charge on any atom is -0.316 e. The molecule has 1 aromatic carbocycles. The van der Waals surface area contributed by atoms with Crippen LogP contribution in [0.2, 0.25) is 0 Å². The highest BCUT2D eigenvalue weighted by Gasteiger charge is 2.30. The summed E-state index contributed by atoms with van der Waals surface area (Å²) in [6, 6.07) is 5.47. The smallest absolute Gasteiger partial charge is 0.316 e. The van der Waals surface area contributed by atoms with E-state index in [2.05, 4.69) is 5.32 Å². The summed E-state index contributed by atoms with van der Waals surface area (Å²) in [5.74, 6) is 0. The number of nitrogens with one attached hydrogen (secondary N) is 1. The van der Waals surface area contributed by atoms with Crippen molar-refractivity contribution in [2.45, 2.75) is 19.0 Å². The molecule has 0 atom stereocenters. The van der Waals surface area contributed by atoms with Crippen molar-refractivity contribution in [3.8, 4) is 0 Å². The Kier molecular flexibility index (Phi) is 5.23. The van der Waals surface area contributed by atoms with Crippen molar-refractivity contribution in [3.05, 3.63) is 41.0 Å². The third-order valence-electron chi connectivity index (χ3n) is 2.83. The quantitative estimate of drug-likeness (QED) is 0.821. The predicted octanol–water partition coefficient (Wildman–Crippen LogP) is 3.89. The molecule has 1 aliphatic heterocycles. The third-order valence-corrected chi connectivity index (χ3v) is 2.83. The number of piperidine rings is 1. The maximum atomic E-state index is 12.5. The first kappa shape index (κ1) is 15.1. The average molecular weight is 278 g/mol. The van der Waals surface area contributed by atoms with Crippen LogP contribution < -0.4 is 5.32 Å². The fourth-order valence-corrected chi connectivity index (χ4v) is 1.93. The van der Waals surface area contributed by atoms with Gasteiger partial charge in [0.2, 0.25) is 0 Å². The van der Waals surface area contributed by atoms with Gasteiger partial charge in [0, 0.05) is 0 Å². The third kappa shape index (κ3) is 4.03. The van der Waals surface area contributed by atoms with Crippen LogP contribution >= 0.6 is 12.4 Å². The first-order valence-corrected chi connectivity index (χ1v) is 5.63. The van der Waals surface area contributed by atoms with E-state index < -0.39 is 11.7 Å². The molecule has 5 heteroatoms. The van der Waals surface area contributed by atoms with Crippen LogP contribution in [0.5, 0.6) is 0 Å². The Labute approximate surface area is 110 Å². The Hall–Kier alpha value is -1.00. The summed E-state index contributed by atoms with van der Waals surface area (Å²) in [7, 11) is 0. The van der Waals surface area contributed by atoms with Crippen molar-refractivity contribution >= 4 is 18.5 Å². The molecule has 1 heterocycles. The van der Waals surface area contributed by atoms with Crippen molar-refractivity contribution in [2.24, 2.45) is 0 Å². The molecule has 0 radical (unpaired) electrons. The van der Waals surface area contributed by atoms with E-state index in [0.717, 1.165) is 32.0 Å². The van der Waals surface area contributed by atoms with Crippen molar-refractivity contribution in [2.75, 3.05) is 13.1 Å². The molecular formula is C13H15ClF3N. The monoisotopic (exact) mass is 277 g/mol. The highest BCUT2D eigenvalue weighted by molar-refractivity contribution is 5.85. The molecular weight excluding hydrogens is 263 g/mol. The summed E-state index contributed by atoms with van der Waals surface area (Å²) in [4.78, 5) is 0. The van der Waals surface area contributed by atoms with E-state index in [0.29, 0.717) is 5.56 Å². The van der Waals surface area contributed by atoms with Crippen molar-refractivity contribution < 1.29 is 13.2 Å². The van der Waals surface area contributed by atoms with E-state index in [9.17, 15) is 13.2 Å². The lowest BCUT2D eigenvalue weighted by molar-refractivity contribution is -0.137. The normalized spacial score (nSPS) is 16.1. The highest BCUT2D eigenvalue weighted by atomic mass is 35.5. The van der Waals surface area contributed by atoms with Crippen molar-refractivity contribution in [1.82, 2.24) is 5.32 Å². The average Bonchev–Trinajstić information content (AvgIpc) is 2.29. The highest BCUT2D eigenvalue weighted by Crippen LogP contribution is 2.30. The van der Waals surface area contributed by atoms with Gasteiger partial charge in [-0.25, -0.2) is 0 Å². The fourth-order valence-electron chi connectivity index (χ4n) is 1.93. The molecule has 0 aromatic heterocycles. The lowest BCUT2D eigenvalue weighted by Gasteiger charge is -2.15. The van der Waals surface area contributed by atoms with Gasteiger partial charge in [-0.3, -0.25) is 0 Å². The van der Waals surface area contributed by atoms with Crippen LogP contribution in [-0.4, -0.2) is 13.1 Å². The van der Waals surface area contributed by atoms with E-state index in [1.54, 1.807) is 6.07 Å². The molecule has 1 N–H and O–H groups in total. The van der Waals surface area contributed by atoms with Crippen LogP contribution in [-0.2, 0) is 6.18 Å². The summed E-state index contributed by atoms with van der Waals surface area (Å²) in [6.07, 6.45) is -0.564. The number of benzene rings is 1. The van der Waals surface area contributed by atoms with E-state index >= 15 is 0 Å². The molecule has 0 spiro atoms. The van der Waals surface area contributed by atoms with Gasteiger partial charge < -0.3 is 5.32 Å². The van der Waals surface area contributed by atoms with Gasteiger partial charge in [0.15, 0.2) is 0 Å². The number of hydrogen-bond donors (Lipinski definition) is 1. The molecule has 1 fully saturated rings. The molecule has 0 bridgehead atoms. The van der Waals surface area contributed by atoms with Crippen LogP contribution in [0.4, 0.5) is 13.2 Å². The second-order valence-electron chi connectivity index (χ2n) is 4.18. The van der Waals surface area contributed by atoms with Crippen molar-refractivity contribution in [1.29, 1.82) is 0 Å². The van der Waals surface area contributed by atoms with Gasteiger partial charge in [0.05, 0.1) is 5.56 Å². The Bertz CT molecular complexity index is 418. The zero-order chi connectivity index (χ0) is 12.3. The minimum absolute atomic E-state index is 0. The van der Waals surface area contributed by atoms with E-state index in [1.165, 1.54) is 17.7 Å². The van der Waals surface area contributed by atoms with E-state index in [1.807, 2.05) is 6.08 Å². The van der Waals surface area contributed by atoms with Gasteiger partial charge in [0.1, 0.15) is 0 Å². The Morgan fingerprint density at radius 2 is 1.78 bits per heavy atom. The standard InChI is InChI=1S/C13H14F3N.ClH/c14-13(15,16)12-3-1-2-11(9-12)8-10-4-6-17-7-5-10;/h1-3,8-9,17H,4-7H2;1H. The number of rotatable bonds is 1. The fraction of sp³-hybridized carbons (Fsp3) is 0.385. The molecule has 1 aliphatic rings. The van der Waals surface area contributed by atoms with Crippen LogP contribution in [0.25, 0.3) is 6.08 Å². The van der Waals surface area contributed by atoms with Crippen LogP contribution in [0.15, 0.2) is 29.8 Å². The number of alkyl halides is 3. The maximum Gasteiger partial charge on any atom is 0.416 e. The Morgan fingerprint density at radius 1 is 1.11 bits per heavy atom. The predicted molar refractivity (Wildman–Crippen MR) is 68.8 cm³/mol. The van der Waals surface area contributed by atoms with Gasteiger partial charge in [-0.15, -0.1) is 12.4 Å². The Morgan fingerprint density at radius 3 is 2.39 bits per heavy atom. The molecule has 0 aliphatic carbocycles. The van der Waals surface area contributed by atoms with Crippen LogP contribution in [0.3, 0.4) is 0 Å². The summed E-state index contributed by atoms with van der Waals surface area (Å²) < 4.78 is 37.5.